The van der Waals surface area contributed by atoms with Crippen molar-refractivity contribution >= 4 is 50.1 Å². The summed E-state index contributed by atoms with van der Waals surface area (Å²) in [7, 11) is 0.249. The maximum atomic E-state index is 15.0. The van der Waals surface area contributed by atoms with Crippen molar-refractivity contribution in [2.75, 3.05) is 57.7 Å². The van der Waals surface area contributed by atoms with E-state index in [1.807, 2.05) is 45.0 Å². The SMILES string of the molecule is CCn1c(-c2cc(C#CCNC3CCS(=O)(=O)CC3)cnc2[C@H](C)OC)c2c3cc(ccc31)-c1cc(O)cc(c1)C[C@H](NC(=O)[C@H](C(C)C)N(C)C(=O)[C@@H]1OCC[C@@H]1c1ccc(N)cc1)C(=O)N1CCC[C@H](N1)C(=O)OCC(C)(C)C2. The van der Waals surface area contributed by atoms with Gasteiger partial charge in [0.25, 0.3) is 11.8 Å². The first-order chi connectivity index (χ1) is 38.6. The Morgan fingerprint density at radius 3 is 2.48 bits per heavy atom. The maximum Gasteiger partial charge on any atom is 0.324 e. The average molecular weight is 1130 g/mol. The highest BCUT2D eigenvalue weighted by molar-refractivity contribution is 7.91. The summed E-state index contributed by atoms with van der Waals surface area (Å²) in [6.07, 6.45) is 3.54. The molecule has 0 aliphatic carbocycles. The van der Waals surface area contributed by atoms with Gasteiger partial charge < -0.3 is 45.2 Å². The van der Waals surface area contributed by atoms with Gasteiger partial charge in [0.2, 0.25) is 5.91 Å². The molecule has 3 aromatic carbocycles. The third-order valence-electron chi connectivity index (χ3n) is 16.4. The van der Waals surface area contributed by atoms with Crippen LogP contribution in [0.1, 0.15) is 114 Å². The number of fused-ring (bicyclic) bond motifs is 6. The third-order valence-corrected chi connectivity index (χ3v) is 18.1. The van der Waals surface area contributed by atoms with Crippen LogP contribution >= 0.6 is 0 Å². The number of anilines is 1. The highest BCUT2D eigenvalue weighted by Gasteiger charge is 2.42. The fourth-order valence-electron chi connectivity index (χ4n) is 12.1. The molecule has 3 saturated heterocycles. The number of nitrogens with one attached hydrogen (secondary N) is 3. The molecule has 4 aliphatic rings. The van der Waals surface area contributed by atoms with Crippen molar-refractivity contribution in [2.45, 2.75) is 135 Å². The van der Waals surface area contributed by atoms with Gasteiger partial charge in [0, 0.05) is 91.6 Å². The zero-order valence-corrected chi connectivity index (χ0v) is 48.7. The topological polar surface area (TPSA) is 237 Å². The number of benzene rings is 3. The number of amides is 3. The summed E-state index contributed by atoms with van der Waals surface area (Å²) >= 11 is 0. The Kier molecular flexibility index (Phi) is 18.0. The van der Waals surface area contributed by atoms with E-state index >= 15 is 0 Å². The van der Waals surface area contributed by atoms with Crippen LogP contribution in [0.2, 0.25) is 0 Å². The standard InChI is InChI=1S/C62H78N8O10S/c1-9-69-53-19-16-42-33-48(53)50(56(69)49-30-39(35-65-54(49)38(4)78-8)12-10-23-64-45-21-26-81(76,77)27-22-45)34-62(5,6)36-80-61(75)51-13-11-24-70(67-51)59(73)52(31-40-28-43(42)32-46(71)29-40)66-58(72)55(37(2)3)68(7)60(74)57-47(20-25-79-57)41-14-17-44(63)18-15-41/h14-19,28-30,32-33,35,37-38,45,47,51-52,55,57,64,67,71H,9,11,13,20-27,31,34,36,63H2,1-8H3,(H,66,72)/t38-,47+,51-,52-,55-,57+/m0/s1. The van der Waals surface area contributed by atoms with E-state index in [0.717, 1.165) is 38.9 Å². The number of phenols is 1. The molecular weight excluding hydrogens is 1050 g/mol. The molecule has 0 radical (unpaired) electrons. The van der Waals surface area contributed by atoms with E-state index in [0.29, 0.717) is 86.3 Å². The molecule has 6 N–H and O–H groups in total. The number of carbonyl (C=O) groups excluding carboxylic acids is 4. The van der Waals surface area contributed by atoms with Crippen LogP contribution in [-0.2, 0) is 62.6 Å². The molecule has 9 rings (SSSR count). The molecule has 0 unspecified atom stereocenters. The van der Waals surface area contributed by atoms with Gasteiger partial charge in [-0.05, 0) is 129 Å². The van der Waals surface area contributed by atoms with Crippen LogP contribution in [0.4, 0.5) is 5.69 Å². The van der Waals surface area contributed by atoms with Gasteiger partial charge in [0.05, 0.1) is 42.1 Å². The number of carbonyl (C=O) groups is 4. The number of aromatic nitrogens is 2. The summed E-state index contributed by atoms with van der Waals surface area (Å²) in [6.45, 7) is 13.5. The van der Waals surface area contributed by atoms with Crippen molar-refractivity contribution < 1.29 is 46.9 Å². The van der Waals surface area contributed by atoms with Gasteiger partial charge in [0.15, 0.2) is 0 Å². The number of hydrazine groups is 1. The largest absolute Gasteiger partial charge is 0.508 e. The number of hydrogen-bond donors (Lipinski definition) is 5. The lowest BCUT2D eigenvalue weighted by Gasteiger charge is -2.37. The number of aromatic hydroxyl groups is 1. The molecule has 18 nitrogen and oxygen atoms in total. The van der Waals surface area contributed by atoms with Crippen molar-refractivity contribution in [1.29, 1.82) is 0 Å². The molecule has 19 heteroatoms. The first-order valence-corrected chi connectivity index (χ1v) is 30.2. The minimum Gasteiger partial charge on any atom is -0.508 e. The third kappa shape index (κ3) is 13.3. The summed E-state index contributed by atoms with van der Waals surface area (Å²) < 4.78 is 44.5. The molecule has 432 valence electrons. The van der Waals surface area contributed by atoms with E-state index in [2.05, 4.69) is 71.4 Å². The summed E-state index contributed by atoms with van der Waals surface area (Å²) in [5.74, 6) is 4.31. The number of methoxy groups -OCH3 is 1. The van der Waals surface area contributed by atoms with Crippen LogP contribution < -0.4 is 21.8 Å². The predicted octanol–water partition coefficient (Wildman–Crippen LogP) is 6.61. The molecule has 0 spiro atoms. The maximum absolute atomic E-state index is 15.0. The van der Waals surface area contributed by atoms with Crippen molar-refractivity contribution in [3.05, 3.63) is 101 Å². The van der Waals surface area contributed by atoms with Gasteiger partial charge in [-0.15, -0.1) is 0 Å². The van der Waals surface area contributed by atoms with Crippen molar-refractivity contribution in [3.8, 4) is 40.0 Å². The fourth-order valence-corrected chi connectivity index (χ4v) is 13.5. The van der Waals surface area contributed by atoms with E-state index in [1.165, 1.54) is 9.91 Å². The van der Waals surface area contributed by atoms with Gasteiger partial charge >= 0.3 is 5.97 Å². The molecule has 5 aromatic rings. The lowest BCUT2D eigenvalue weighted by molar-refractivity contribution is -0.155. The van der Waals surface area contributed by atoms with Crippen molar-refractivity contribution in [2.24, 2.45) is 11.3 Å². The van der Waals surface area contributed by atoms with E-state index in [9.17, 15) is 32.7 Å². The number of likely N-dealkylation sites (N-methyl/N-ethyl adjacent to an activating group) is 1. The molecular formula is C62H78N8O10S. The Labute approximate surface area is 475 Å². The molecule has 3 amide bonds. The Hall–Kier alpha value is -6.82. The van der Waals surface area contributed by atoms with Gasteiger partial charge in [-0.2, -0.15) is 0 Å². The van der Waals surface area contributed by atoms with E-state index in [-0.39, 0.29) is 60.6 Å². The minimum atomic E-state index is -2.99. The number of cyclic esters (lactones) is 1. The number of phenolic OH excluding ortho intramolecular Hbond substituents is 1. The second kappa shape index (κ2) is 24.7. The number of ether oxygens (including phenoxy) is 3. The Bertz CT molecular complexity index is 3330. The number of nitrogens with zero attached hydrogens (tertiary/aromatic N) is 4. The summed E-state index contributed by atoms with van der Waals surface area (Å²) in [4.78, 5) is 64.8. The Balaban J connectivity index is 1.09. The van der Waals surface area contributed by atoms with Gasteiger partial charge in [-0.25, -0.2) is 13.8 Å². The minimum absolute atomic E-state index is 0.0386. The van der Waals surface area contributed by atoms with E-state index < -0.39 is 63.4 Å². The zero-order valence-electron chi connectivity index (χ0n) is 47.8. The normalized spacial score (nSPS) is 22.1. The molecule has 6 bridgehead atoms. The highest BCUT2D eigenvalue weighted by atomic mass is 32.2. The van der Waals surface area contributed by atoms with Crippen LogP contribution in [0.25, 0.3) is 33.3 Å². The molecule has 2 aromatic heterocycles. The van der Waals surface area contributed by atoms with Crippen LogP contribution in [-0.4, -0.2) is 139 Å². The monoisotopic (exact) mass is 1130 g/mol. The number of esters is 1. The Morgan fingerprint density at radius 2 is 1.77 bits per heavy atom. The molecule has 6 heterocycles. The first-order valence-electron chi connectivity index (χ1n) is 28.4. The average Bonchev–Trinajstić information content (AvgIpc) is 4.23. The fraction of sp³-hybridized carbons (Fsp3) is 0.500. The molecule has 4 aliphatic heterocycles. The zero-order chi connectivity index (χ0) is 57.9. The second-order valence-corrected chi connectivity index (χ2v) is 25.7. The molecule has 6 atom stereocenters. The lowest BCUT2D eigenvalue weighted by Crippen LogP contribution is -2.62. The van der Waals surface area contributed by atoms with Crippen LogP contribution in [0.3, 0.4) is 0 Å². The smallest absolute Gasteiger partial charge is 0.324 e. The number of aryl methyl sites for hydroxylation is 1. The molecule has 81 heavy (non-hydrogen) atoms. The number of sulfone groups is 1. The number of hydrogen-bond acceptors (Lipinski definition) is 14. The predicted molar refractivity (Wildman–Crippen MR) is 311 cm³/mol. The number of nitrogen functional groups attached to an aromatic ring is 1. The lowest BCUT2D eigenvalue weighted by atomic mass is 9.84. The quantitative estimate of drug-likeness (QED) is 0.0503. The van der Waals surface area contributed by atoms with Crippen molar-refractivity contribution in [1.82, 2.24) is 35.5 Å². The van der Waals surface area contributed by atoms with Gasteiger partial charge in [-0.3, -0.25) is 29.2 Å². The van der Waals surface area contributed by atoms with E-state index in [4.69, 9.17) is 24.9 Å². The van der Waals surface area contributed by atoms with Crippen LogP contribution in [0, 0.1) is 23.2 Å². The van der Waals surface area contributed by atoms with Gasteiger partial charge in [0.1, 0.15) is 39.8 Å². The number of pyridine rings is 1. The number of rotatable bonds is 12. The Morgan fingerprint density at radius 1 is 1.01 bits per heavy atom. The number of nitrogens with two attached hydrogens (primary N) is 1. The van der Waals surface area contributed by atoms with Gasteiger partial charge in [-0.1, -0.05) is 63.8 Å². The van der Waals surface area contributed by atoms with Crippen molar-refractivity contribution in [3.63, 3.8) is 0 Å². The van der Waals surface area contributed by atoms with Crippen LogP contribution in [0.5, 0.6) is 5.75 Å². The first kappa shape index (κ1) is 58.8. The summed E-state index contributed by atoms with van der Waals surface area (Å²) in [5, 5.41) is 20.3. The van der Waals surface area contributed by atoms with Crippen LogP contribution in [0.15, 0.2) is 72.9 Å². The second-order valence-electron chi connectivity index (χ2n) is 23.4. The highest BCUT2D eigenvalue weighted by Crippen LogP contribution is 2.43. The summed E-state index contributed by atoms with van der Waals surface area (Å²) in [6, 6.07) is 17.8. The summed E-state index contributed by atoms with van der Waals surface area (Å²) in [5.41, 5.74) is 17.1. The van der Waals surface area contributed by atoms with E-state index in [1.54, 1.807) is 44.6 Å². The molecule has 0 saturated carbocycles. The molecule has 3 fully saturated rings.